The lowest BCUT2D eigenvalue weighted by Gasteiger charge is -2.40. The number of nitrogens with zero attached hydrogens (tertiary/aromatic N) is 1. The number of likely N-dealkylation sites (tertiary alicyclic amines) is 1. The number of ether oxygens (including phenoxy) is 2. The van der Waals surface area contributed by atoms with Gasteiger partial charge in [-0.05, 0) is 58.7 Å². The van der Waals surface area contributed by atoms with E-state index < -0.39 is 23.2 Å². The molecular weight excluding hydrogens is 372 g/mol. The number of carbonyl (C=O) groups is 3. The van der Waals surface area contributed by atoms with E-state index in [1.165, 1.54) is 7.11 Å². The van der Waals surface area contributed by atoms with Gasteiger partial charge in [0, 0.05) is 6.54 Å². The topological polar surface area (TPSA) is 84.9 Å². The quantitative estimate of drug-likeness (QED) is 0.555. The van der Waals surface area contributed by atoms with E-state index >= 15 is 0 Å². The second kappa shape index (κ2) is 9.87. The summed E-state index contributed by atoms with van der Waals surface area (Å²) in [5, 5.41) is 2.60. The minimum absolute atomic E-state index is 0.195. The molecular formula is C22H32N2O5. The zero-order chi connectivity index (χ0) is 21.5. The van der Waals surface area contributed by atoms with Crippen molar-refractivity contribution in [2.75, 3.05) is 26.7 Å². The fourth-order valence-electron chi connectivity index (χ4n) is 3.68. The molecule has 0 saturated carbocycles. The predicted octanol–water partition coefficient (Wildman–Crippen LogP) is 2.58. The van der Waals surface area contributed by atoms with Crippen molar-refractivity contribution in [3.8, 4) is 0 Å². The summed E-state index contributed by atoms with van der Waals surface area (Å²) in [6.45, 7) is 6.97. The van der Waals surface area contributed by atoms with Gasteiger partial charge in [-0.25, -0.2) is 4.79 Å². The van der Waals surface area contributed by atoms with Crippen molar-refractivity contribution in [2.45, 2.75) is 51.7 Å². The number of alkyl carbamates (subject to hydrolysis) is 1. The van der Waals surface area contributed by atoms with E-state index in [1.807, 2.05) is 30.3 Å². The van der Waals surface area contributed by atoms with Crippen LogP contribution < -0.4 is 5.32 Å². The van der Waals surface area contributed by atoms with Crippen molar-refractivity contribution < 1.29 is 23.9 Å². The second-order valence-electron chi connectivity index (χ2n) is 8.62. The van der Waals surface area contributed by atoms with Gasteiger partial charge in [0.15, 0.2) is 0 Å². The Morgan fingerprint density at radius 2 is 1.83 bits per heavy atom. The number of rotatable bonds is 7. The number of benzene rings is 1. The van der Waals surface area contributed by atoms with Crippen LogP contribution in [0.3, 0.4) is 0 Å². The maximum absolute atomic E-state index is 12.6. The molecule has 1 saturated heterocycles. The maximum Gasteiger partial charge on any atom is 0.408 e. The van der Waals surface area contributed by atoms with Crippen LogP contribution in [0.15, 0.2) is 30.3 Å². The summed E-state index contributed by atoms with van der Waals surface area (Å²) in [4.78, 5) is 38.0. The summed E-state index contributed by atoms with van der Waals surface area (Å²) in [5.74, 6) is -0.195. The highest BCUT2D eigenvalue weighted by atomic mass is 16.6. The molecule has 1 aliphatic rings. The van der Waals surface area contributed by atoms with Gasteiger partial charge in [-0.1, -0.05) is 30.3 Å². The fourth-order valence-corrected chi connectivity index (χ4v) is 3.68. The molecule has 7 heteroatoms. The second-order valence-corrected chi connectivity index (χ2v) is 8.62. The standard InChI is InChI=1S/C22H32N2O5/c1-21(2,3)29-20(27)23-18(16-25)15-24-12-10-22(11-13-24,19(26)28-4)14-17-8-6-5-7-9-17/h5-9,16,18H,10-15H2,1-4H3,(H,23,27). The number of methoxy groups -OCH3 is 1. The van der Waals surface area contributed by atoms with E-state index in [-0.39, 0.29) is 5.97 Å². The highest BCUT2D eigenvalue weighted by molar-refractivity contribution is 5.77. The van der Waals surface area contributed by atoms with Crippen molar-refractivity contribution >= 4 is 18.3 Å². The summed E-state index contributed by atoms with van der Waals surface area (Å²) in [7, 11) is 1.43. The number of hydrogen-bond acceptors (Lipinski definition) is 6. The first-order valence-corrected chi connectivity index (χ1v) is 9.97. The highest BCUT2D eigenvalue weighted by Gasteiger charge is 2.42. The van der Waals surface area contributed by atoms with Crippen LogP contribution in [0.25, 0.3) is 0 Å². The summed E-state index contributed by atoms with van der Waals surface area (Å²) in [6.07, 6.45) is 2.00. The van der Waals surface area contributed by atoms with Crippen LogP contribution in [-0.2, 0) is 25.5 Å². The van der Waals surface area contributed by atoms with Crippen LogP contribution in [0.1, 0.15) is 39.2 Å². The molecule has 1 aromatic carbocycles. The van der Waals surface area contributed by atoms with Crippen LogP contribution in [0.4, 0.5) is 4.79 Å². The number of piperidine rings is 1. The Bertz CT molecular complexity index is 691. The third-order valence-electron chi connectivity index (χ3n) is 5.14. The minimum Gasteiger partial charge on any atom is -0.469 e. The smallest absolute Gasteiger partial charge is 0.408 e. The molecule has 160 valence electrons. The lowest BCUT2D eigenvalue weighted by atomic mass is 9.73. The first kappa shape index (κ1) is 22.9. The summed E-state index contributed by atoms with van der Waals surface area (Å²) in [5.41, 5.74) is -0.0917. The molecule has 0 aliphatic carbocycles. The molecule has 1 aliphatic heterocycles. The molecule has 1 aromatic rings. The lowest BCUT2D eigenvalue weighted by Crippen LogP contribution is -2.51. The summed E-state index contributed by atoms with van der Waals surface area (Å²) >= 11 is 0. The largest absolute Gasteiger partial charge is 0.469 e. The number of amides is 1. The zero-order valence-corrected chi connectivity index (χ0v) is 17.8. The molecule has 29 heavy (non-hydrogen) atoms. The molecule has 1 atom stereocenters. The monoisotopic (exact) mass is 404 g/mol. The van der Waals surface area contributed by atoms with Gasteiger partial charge in [0.1, 0.15) is 17.9 Å². The Labute approximate surface area is 172 Å². The molecule has 0 radical (unpaired) electrons. The van der Waals surface area contributed by atoms with Crippen LogP contribution in [0.5, 0.6) is 0 Å². The van der Waals surface area contributed by atoms with E-state index in [1.54, 1.807) is 20.8 Å². The molecule has 0 aromatic heterocycles. The van der Waals surface area contributed by atoms with Crippen LogP contribution in [0.2, 0.25) is 0 Å². The Kier molecular flexibility index (Phi) is 7.79. The first-order chi connectivity index (χ1) is 13.7. The van der Waals surface area contributed by atoms with Crippen molar-refractivity contribution in [1.29, 1.82) is 0 Å². The Hall–Kier alpha value is -2.41. The van der Waals surface area contributed by atoms with Gasteiger partial charge < -0.3 is 24.5 Å². The normalized spacial score (nSPS) is 17.8. The van der Waals surface area contributed by atoms with Crippen molar-refractivity contribution in [3.63, 3.8) is 0 Å². The SMILES string of the molecule is COC(=O)C1(Cc2ccccc2)CCN(CC(C=O)NC(=O)OC(C)(C)C)CC1. The van der Waals surface area contributed by atoms with Gasteiger partial charge in [0.25, 0.3) is 0 Å². The minimum atomic E-state index is -0.662. The molecule has 1 amide bonds. The van der Waals surface area contributed by atoms with E-state index in [0.29, 0.717) is 38.9 Å². The molecule has 7 nitrogen and oxygen atoms in total. The Morgan fingerprint density at radius 1 is 1.21 bits per heavy atom. The third kappa shape index (κ3) is 6.85. The van der Waals surface area contributed by atoms with Gasteiger partial charge in [0.05, 0.1) is 12.5 Å². The molecule has 0 bridgehead atoms. The van der Waals surface area contributed by atoms with Crippen LogP contribution in [0, 0.1) is 5.41 Å². The van der Waals surface area contributed by atoms with Gasteiger partial charge in [-0.3, -0.25) is 4.79 Å². The molecule has 0 spiro atoms. The van der Waals surface area contributed by atoms with E-state index in [0.717, 1.165) is 11.8 Å². The molecule has 2 rings (SSSR count). The number of esters is 1. The zero-order valence-electron chi connectivity index (χ0n) is 17.8. The van der Waals surface area contributed by atoms with Gasteiger partial charge in [-0.15, -0.1) is 0 Å². The van der Waals surface area contributed by atoms with Gasteiger partial charge >= 0.3 is 12.1 Å². The number of nitrogens with one attached hydrogen (secondary N) is 1. The number of hydrogen-bond donors (Lipinski definition) is 1. The first-order valence-electron chi connectivity index (χ1n) is 9.97. The van der Waals surface area contributed by atoms with E-state index in [2.05, 4.69) is 10.2 Å². The number of carbonyl (C=O) groups excluding carboxylic acids is 3. The maximum atomic E-state index is 12.6. The summed E-state index contributed by atoms with van der Waals surface area (Å²) in [6, 6.07) is 9.26. The molecule has 1 fully saturated rings. The van der Waals surface area contributed by atoms with Crippen LogP contribution in [-0.4, -0.2) is 61.6 Å². The fraction of sp³-hybridized carbons (Fsp3) is 0.591. The van der Waals surface area contributed by atoms with Crippen molar-refractivity contribution in [3.05, 3.63) is 35.9 Å². The Morgan fingerprint density at radius 3 is 2.34 bits per heavy atom. The van der Waals surface area contributed by atoms with E-state index in [4.69, 9.17) is 9.47 Å². The van der Waals surface area contributed by atoms with Gasteiger partial charge in [0.2, 0.25) is 0 Å². The molecule has 1 N–H and O–H groups in total. The van der Waals surface area contributed by atoms with Crippen LogP contribution >= 0.6 is 0 Å². The average molecular weight is 405 g/mol. The predicted molar refractivity (Wildman–Crippen MR) is 109 cm³/mol. The molecule has 1 heterocycles. The van der Waals surface area contributed by atoms with Crippen molar-refractivity contribution in [1.82, 2.24) is 10.2 Å². The average Bonchev–Trinajstić information content (AvgIpc) is 2.67. The van der Waals surface area contributed by atoms with Gasteiger partial charge in [-0.2, -0.15) is 0 Å². The number of aldehydes is 1. The summed E-state index contributed by atoms with van der Waals surface area (Å²) < 4.78 is 10.3. The molecule has 1 unspecified atom stereocenters. The highest BCUT2D eigenvalue weighted by Crippen LogP contribution is 2.36. The third-order valence-corrected chi connectivity index (χ3v) is 5.14. The lowest BCUT2D eigenvalue weighted by molar-refractivity contribution is -0.156. The van der Waals surface area contributed by atoms with Crippen molar-refractivity contribution in [2.24, 2.45) is 5.41 Å². The Balaban J connectivity index is 1.96. The van der Waals surface area contributed by atoms with E-state index in [9.17, 15) is 14.4 Å².